The number of unbranched alkanes of at least 4 members (excludes halogenated alkanes) is 10. The molecule has 0 aliphatic rings. The molecule has 0 bridgehead atoms. The molecular weight excluding hydrogens is 357 g/mol. The van der Waals surface area contributed by atoms with E-state index in [0.29, 0.717) is 12.8 Å². The Bertz CT molecular complexity index is 531. The van der Waals surface area contributed by atoms with E-state index in [4.69, 9.17) is 4.89 Å². The van der Waals surface area contributed by atoms with Crippen molar-refractivity contribution < 1.29 is 14.3 Å². The van der Waals surface area contributed by atoms with Crippen LogP contribution in [0.3, 0.4) is 0 Å². The molecule has 0 saturated carbocycles. The van der Waals surface area contributed by atoms with Gasteiger partial charge in [0.15, 0.2) is 6.16 Å². The van der Waals surface area contributed by atoms with E-state index in [-0.39, 0.29) is 12.1 Å². The van der Waals surface area contributed by atoms with Crippen LogP contribution in [0.25, 0.3) is 0 Å². The fourth-order valence-electron chi connectivity index (χ4n) is 3.15. The zero-order valence-electron chi connectivity index (χ0n) is 16.9. The monoisotopic (exact) mass is 394 g/mol. The van der Waals surface area contributed by atoms with Crippen LogP contribution in [0.5, 0.6) is 0 Å². The maximum absolute atomic E-state index is 12.0. The van der Waals surface area contributed by atoms with Crippen molar-refractivity contribution in [3.05, 3.63) is 29.8 Å². The Morgan fingerprint density at radius 3 is 1.93 bits per heavy atom. The summed E-state index contributed by atoms with van der Waals surface area (Å²) in [7, 11) is -2.08. The van der Waals surface area contributed by atoms with Gasteiger partial charge in [0.2, 0.25) is 5.91 Å². The van der Waals surface area contributed by atoms with Crippen LogP contribution in [0.4, 0.5) is 5.69 Å². The van der Waals surface area contributed by atoms with Crippen molar-refractivity contribution in [2.45, 2.75) is 90.4 Å². The molecule has 2 N–H and O–H groups in total. The summed E-state index contributed by atoms with van der Waals surface area (Å²) in [6.45, 7) is 2.25. The highest BCUT2D eigenvalue weighted by Crippen LogP contribution is 2.17. The molecule has 1 unspecified atom stereocenters. The molecule has 0 saturated heterocycles. The van der Waals surface area contributed by atoms with Crippen molar-refractivity contribution >= 4 is 19.6 Å². The number of amides is 1. The van der Waals surface area contributed by atoms with Gasteiger partial charge in [-0.15, -0.1) is 0 Å². The second kappa shape index (κ2) is 15.8. The van der Waals surface area contributed by atoms with Gasteiger partial charge in [0, 0.05) is 18.5 Å². The van der Waals surface area contributed by atoms with E-state index in [2.05, 4.69) is 12.2 Å². The zero-order chi connectivity index (χ0) is 19.7. The van der Waals surface area contributed by atoms with Gasteiger partial charge in [0.05, 0.1) is 0 Å². The van der Waals surface area contributed by atoms with Crippen LogP contribution >= 0.6 is 8.03 Å². The smallest absolute Gasteiger partial charge is 0.326 e. The van der Waals surface area contributed by atoms with Gasteiger partial charge >= 0.3 is 8.03 Å². The number of hydrogen-bond acceptors (Lipinski definition) is 2. The van der Waals surface area contributed by atoms with Crippen molar-refractivity contribution in [1.29, 1.82) is 0 Å². The Labute approximate surface area is 166 Å². The first-order valence-electron chi connectivity index (χ1n) is 10.6. The first kappa shape index (κ1) is 23.8. The highest BCUT2D eigenvalue weighted by molar-refractivity contribution is 7.37. The second-order valence-electron chi connectivity index (χ2n) is 7.36. The lowest BCUT2D eigenvalue weighted by molar-refractivity contribution is -0.116. The molecule has 4 nitrogen and oxygen atoms in total. The molecule has 0 aliphatic carbocycles. The van der Waals surface area contributed by atoms with E-state index in [0.717, 1.165) is 24.1 Å². The van der Waals surface area contributed by atoms with Crippen LogP contribution < -0.4 is 5.32 Å². The van der Waals surface area contributed by atoms with Gasteiger partial charge < -0.3 is 5.32 Å². The topological polar surface area (TPSA) is 66.4 Å². The number of nitrogens with one attached hydrogen (secondary N) is 1. The summed E-state index contributed by atoms with van der Waals surface area (Å²) in [6.07, 6.45) is 15.5. The molecule has 0 aromatic heterocycles. The summed E-state index contributed by atoms with van der Waals surface area (Å²) in [4.78, 5) is 20.8. The standard InChI is InChI=1S/C22H36NO3P/c1-2-3-4-5-6-7-8-9-10-11-12-13-22(24)23-21-16-14-20(15-17-21)18-19-27(25)26/h14-17H,2-13,18-19H2,1H3,(H-,23,24,25,26)/p+1. The molecule has 0 radical (unpaired) electrons. The van der Waals surface area contributed by atoms with Crippen LogP contribution in [0, 0.1) is 0 Å². The Hall–Kier alpha value is -1.25. The van der Waals surface area contributed by atoms with Gasteiger partial charge in [-0.05, 0) is 28.7 Å². The van der Waals surface area contributed by atoms with E-state index in [1.165, 1.54) is 57.8 Å². The van der Waals surface area contributed by atoms with Crippen molar-refractivity contribution in [2.24, 2.45) is 0 Å². The number of hydrogen-bond donors (Lipinski definition) is 2. The lowest BCUT2D eigenvalue weighted by atomic mass is 10.1. The third-order valence-electron chi connectivity index (χ3n) is 4.84. The first-order valence-corrected chi connectivity index (χ1v) is 12.0. The lowest BCUT2D eigenvalue weighted by Gasteiger charge is -2.06. The minimum absolute atomic E-state index is 0.0668. The highest BCUT2D eigenvalue weighted by atomic mass is 31.1. The number of carbonyl (C=O) groups excluding carboxylic acids is 1. The molecule has 27 heavy (non-hydrogen) atoms. The molecule has 5 heteroatoms. The zero-order valence-corrected chi connectivity index (χ0v) is 17.8. The highest BCUT2D eigenvalue weighted by Gasteiger charge is 2.09. The van der Waals surface area contributed by atoms with Crippen molar-refractivity contribution in [3.63, 3.8) is 0 Å². The molecule has 1 amide bonds. The Morgan fingerprint density at radius 2 is 1.41 bits per heavy atom. The van der Waals surface area contributed by atoms with Crippen LogP contribution in [-0.2, 0) is 15.8 Å². The molecule has 0 spiro atoms. The summed E-state index contributed by atoms with van der Waals surface area (Å²) in [6, 6.07) is 7.52. The summed E-state index contributed by atoms with van der Waals surface area (Å²) in [5.41, 5.74) is 1.80. The number of aryl methyl sites for hydroxylation is 1. The van der Waals surface area contributed by atoms with Crippen LogP contribution in [-0.4, -0.2) is 17.0 Å². The molecule has 1 aromatic rings. The third kappa shape index (κ3) is 13.5. The van der Waals surface area contributed by atoms with Gasteiger partial charge in [-0.2, -0.15) is 4.89 Å². The third-order valence-corrected chi connectivity index (χ3v) is 5.44. The fourth-order valence-corrected chi connectivity index (χ4v) is 3.60. The summed E-state index contributed by atoms with van der Waals surface area (Å²) in [5.74, 6) is 0.0668. The Morgan fingerprint density at radius 1 is 0.889 bits per heavy atom. The van der Waals surface area contributed by atoms with Crippen LogP contribution in [0.1, 0.15) is 89.5 Å². The molecule has 1 rings (SSSR count). The van der Waals surface area contributed by atoms with E-state index >= 15 is 0 Å². The number of rotatable bonds is 16. The van der Waals surface area contributed by atoms with E-state index in [9.17, 15) is 9.36 Å². The number of anilines is 1. The Kier molecular flexibility index (Phi) is 13.9. The summed E-state index contributed by atoms with van der Waals surface area (Å²) >= 11 is 0. The molecule has 0 aliphatic heterocycles. The minimum Gasteiger partial charge on any atom is -0.326 e. The molecule has 0 fully saturated rings. The Balaban J connectivity index is 2.01. The fraction of sp³-hybridized carbons (Fsp3) is 0.682. The quantitative estimate of drug-likeness (QED) is 0.245. The van der Waals surface area contributed by atoms with E-state index in [1.54, 1.807) is 0 Å². The van der Waals surface area contributed by atoms with Gasteiger partial charge in [0.1, 0.15) is 0 Å². The lowest BCUT2D eigenvalue weighted by Crippen LogP contribution is -2.11. The molecule has 1 atom stereocenters. The molecule has 152 valence electrons. The normalized spacial score (nSPS) is 11.4. The van der Waals surface area contributed by atoms with Gasteiger partial charge in [0.25, 0.3) is 0 Å². The van der Waals surface area contributed by atoms with E-state index < -0.39 is 8.03 Å². The van der Waals surface area contributed by atoms with Crippen molar-refractivity contribution in [3.8, 4) is 0 Å². The summed E-state index contributed by atoms with van der Waals surface area (Å²) in [5, 5.41) is 2.92. The predicted molar refractivity (Wildman–Crippen MR) is 115 cm³/mol. The van der Waals surface area contributed by atoms with Crippen LogP contribution in [0.15, 0.2) is 24.3 Å². The van der Waals surface area contributed by atoms with Gasteiger partial charge in [-0.25, -0.2) is 0 Å². The average Bonchev–Trinajstić information content (AvgIpc) is 2.65. The maximum Gasteiger partial charge on any atom is 0.505 e. The SMILES string of the molecule is CCCCCCCCCCCCCC(=O)Nc1ccc(CC[P+](=O)O)cc1. The largest absolute Gasteiger partial charge is 0.505 e. The average molecular weight is 395 g/mol. The van der Waals surface area contributed by atoms with Gasteiger partial charge in [-0.1, -0.05) is 83.3 Å². The number of benzene rings is 1. The van der Waals surface area contributed by atoms with Crippen molar-refractivity contribution in [1.82, 2.24) is 0 Å². The molecule has 0 heterocycles. The van der Waals surface area contributed by atoms with E-state index in [1.807, 2.05) is 24.3 Å². The molecular formula is C22H37NO3P+. The first-order chi connectivity index (χ1) is 13.1. The maximum atomic E-state index is 12.0. The van der Waals surface area contributed by atoms with Gasteiger partial charge in [-0.3, -0.25) is 4.79 Å². The predicted octanol–water partition coefficient (Wildman–Crippen LogP) is 6.60. The minimum atomic E-state index is -2.08. The summed E-state index contributed by atoms with van der Waals surface area (Å²) < 4.78 is 10.7. The second-order valence-corrected chi connectivity index (χ2v) is 8.51. The molecule has 1 aromatic carbocycles. The van der Waals surface area contributed by atoms with Crippen LogP contribution in [0.2, 0.25) is 0 Å². The van der Waals surface area contributed by atoms with Crippen molar-refractivity contribution in [2.75, 3.05) is 11.5 Å². The number of carbonyl (C=O) groups is 1.